The van der Waals surface area contributed by atoms with E-state index in [1.54, 1.807) is 6.07 Å². The van der Waals surface area contributed by atoms with Crippen molar-refractivity contribution in [2.45, 2.75) is 32.7 Å². The minimum Gasteiger partial charge on any atom is -0.480 e. The molecule has 1 rings (SSSR count). The highest BCUT2D eigenvalue weighted by molar-refractivity contribution is 9.10. The molecule has 0 bridgehead atoms. The first-order valence-corrected chi connectivity index (χ1v) is 7.25. The highest BCUT2D eigenvalue weighted by Crippen LogP contribution is 2.19. The number of carbonyl (C=O) groups is 2. The number of anilines is 1. The summed E-state index contributed by atoms with van der Waals surface area (Å²) in [4.78, 5) is 22.7. The lowest BCUT2D eigenvalue weighted by atomic mass is 10.1. The molecule has 1 aromatic carbocycles. The number of benzene rings is 1. The van der Waals surface area contributed by atoms with Gasteiger partial charge in [0.2, 0.25) is 5.91 Å². The second-order valence-corrected chi connectivity index (χ2v) is 5.43. The van der Waals surface area contributed by atoms with E-state index in [4.69, 9.17) is 5.11 Å². The van der Waals surface area contributed by atoms with Crippen LogP contribution in [-0.2, 0) is 9.59 Å². The lowest BCUT2D eigenvalue weighted by Crippen LogP contribution is -2.41. The van der Waals surface area contributed by atoms with Crippen molar-refractivity contribution in [2.24, 2.45) is 0 Å². The van der Waals surface area contributed by atoms with Crippen LogP contribution >= 0.6 is 15.9 Å². The molecule has 110 valence electrons. The number of carbonyl (C=O) groups excluding carboxylic acids is 1. The monoisotopic (exact) mass is 342 g/mol. The summed E-state index contributed by atoms with van der Waals surface area (Å²) in [5.74, 6) is -1.19. The van der Waals surface area contributed by atoms with E-state index in [1.165, 1.54) is 0 Å². The molecule has 0 heterocycles. The zero-order chi connectivity index (χ0) is 15.1. The van der Waals surface area contributed by atoms with Gasteiger partial charge in [0, 0.05) is 10.2 Å². The van der Waals surface area contributed by atoms with Crippen molar-refractivity contribution in [3.63, 3.8) is 0 Å². The molecule has 0 saturated heterocycles. The Hall–Kier alpha value is -1.40. The maximum absolute atomic E-state index is 11.8. The average Bonchev–Trinajstić information content (AvgIpc) is 2.38. The number of hydrogen-bond acceptors (Lipinski definition) is 3. The zero-order valence-electron chi connectivity index (χ0n) is 11.6. The summed E-state index contributed by atoms with van der Waals surface area (Å²) in [7, 11) is 0. The fourth-order valence-electron chi connectivity index (χ4n) is 1.75. The summed E-state index contributed by atoms with van der Waals surface area (Å²) in [6.07, 6.45) is 1.25. The summed E-state index contributed by atoms with van der Waals surface area (Å²) >= 11 is 3.39. The maximum atomic E-state index is 11.8. The average molecular weight is 343 g/mol. The van der Waals surface area contributed by atoms with E-state index in [9.17, 15) is 9.59 Å². The van der Waals surface area contributed by atoms with E-state index in [2.05, 4.69) is 26.6 Å². The smallest absolute Gasteiger partial charge is 0.320 e. The number of nitrogens with one attached hydrogen (secondary N) is 2. The highest BCUT2D eigenvalue weighted by atomic mass is 79.9. The predicted octanol–water partition coefficient (Wildman–Crippen LogP) is 2.54. The Morgan fingerprint density at radius 2 is 2.10 bits per heavy atom. The number of carboxylic acid groups (broad SMARTS) is 1. The molecule has 6 heteroatoms. The van der Waals surface area contributed by atoms with Gasteiger partial charge < -0.3 is 10.4 Å². The second kappa shape index (κ2) is 8.01. The molecule has 0 aliphatic carbocycles. The molecule has 0 radical (unpaired) electrons. The first-order valence-electron chi connectivity index (χ1n) is 6.46. The molecule has 1 amide bonds. The van der Waals surface area contributed by atoms with Gasteiger partial charge in [-0.1, -0.05) is 29.3 Å². The Labute approximate surface area is 126 Å². The number of aryl methyl sites for hydroxylation is 1. The first-order chi connectivity index (χ1) is 9.43. The van der Waals surface area contributed by atoms with Crippen LogP contribution in [-0.4, -0.2) is 29.6 Å². The van der Waals surface area contributed by atoms with Crippen molar-refractivity contribution in [3.05, 3.63) is 28.2 Å². The quantitative estimate of drug-likeness (QED) is 0.711. The SMILES string of the molecule is CCCC(NCC(=O)Nc1ccc(Br)c(C)c1)C(=O)O. The summed E-state index contributed by atoms with van der Waals surface area (Å²) < 4.78 is 0.975. The van der Waals surface area contributed by atoms with Crippen molar-refractivity contribution in [3.8, 4) is 0 Å². The molecule has 1 aromatic rings. The van der Waals surface area contributed by atoms with Gasteiger partial charge in [-0.3, -0.25) is 14.9 Å². The fraction of sp³-hybridized carbons (Fsp3) is 0.429. The number of rotatable bonds is 7. The summed E-state index contributed by atoms with van der Waals surface area (Å²) in [5.41, 5.74) is 1.71. The van der Waals surface area contributed by atoms with E-state index in [-0.39, 0.29) is 12.5 Å². The number of amides is 1. The summed E-state index contributed by atoms with van der Waals surface area (Å²) in [5, 5.41) is 14.5. The maximum Gasteiger partial charge on any atom is 0.320 e. The van der Waals surface area contributed by atoms with Gasteiger partial charge in [-0.2, -0.15) is 0 Å². The molecule has 0 fully saturated rings. The van der Waals surface area contributed by atoms with Crippen LogP contribution in [0.5, 0.6) is 0 Å². The van der Waals surface area contributed by atoms with Crippen molar-refractivity contribution < 1.29 is 14.7 Å². The molecule has 1 atom stereocenters. The van der Waals surface area contributed by atoms with Crippen LogP contribution in [0.25, 0.3) is 0 Å². The molecule has 20 heavy (non-hydrogen) atoms. The van der Waals surface area contributed by atoms with Gasteiger partial charge in [0.25, 0.3) is 0 Å². The van der Waals surface area contributed by atoms with E-state index in [1.807, 2.05) is 26.0 Å². The Bertz CT molecular complexity index is 491. The Morgan fingerprint density at radius 3 is 2.65 bits per heavy atom. The Morgan fingerprint density at radius 1 is 1.40 bits per heavy atom. The van der Waals surface area contributed by atoms with E-state index >= 15 is 0 Å². The fourth-order valence-corrected chi connectivity index (χ4v) is 1.99. The summed E-state index contributed by atoms with van der Waals surface area (Å²) in [6.45, 7) is 3.81. The molecule has 0 aliphatic heterocycles. The molecular formula is C14H19BrN2O3. The van der Waals surface area contributed by atoms with Crippen LogP contribution in [0.4, 0.5) is 5.69 Å². The van der Waals surface area contributed by atoms with E-state index < -0.39 is 12.0 Å². The molecule has 1 unspecified atom stereocenters. The Balaban J connectivity index is 2.50. The van der Waals surface area contributed by atoms with Crippen molar-refractivity contribution >= 4 is 33.5 Å². The van der Waals surface area contributed by atoms with Gasteiger partial charge in [-0.05, 0) is 37.1 Å². The largest absolute Gasteiger partial charge is 0.480 e. The van der Waals surface area contributed by atoms with Crippen LogP contribution in [0.15, 0.2) is 22.7 Å². The number of carboxylic acids is 1. The van der Waals surface area contributed by atoms with Gasteiger partial charge >= 0.3 is 5.97 Å². The minimum atomic E-state index is -0.931. The molecule has 5 nitrogen and oxygen atoms in total. The molecule has 0 spiro atoms. The molecular weight excluding hydrogens is 324 g/mol. The first kappa shape index (κ1) is 16.7. The lowest BCUT2D eigenvalue weighted by Gasteiger charge is -2.13. The van der Waals surface area contributed by atoms with Gasteiger partial charge in [0.05, 0.1) is 6.54 Å². The minimum absolute atomic E-state index is 0.0217. The highest BCUT2D eigenvalue weighted by Gasteiger charge is 2.16. The summed E-state index contributed by atoms with van der Waals surface area (Å²) in [6, 6.07) is 4.81. The molecule has 0 saturated carbocycles. The third-order valence-electron chi connectivity index (χ3n) is 2.83. The third kappa shape index (κ3) is 5.30. The molecule has 0 aromatic heterocycles. The van der Waals surface area contributed by atoms with Gasteiger partial charge in [-0.25, -0.2) is 0 Å². The second-order valence-electron chi connectivity index (χ2n) is 4.57. The van der Waals surface area contributed by atoms with Crippen molar-refractivity contribution in [1.29, 1.82) is 0 Å². The number of hydrogen-bond donors (Lipinski definition) is 3. The van der Waals surface area contributed by atoms with Crippen LogP contribution in [0.1, 0.15) is 25.3 Å². The lowest BCUT2D eigenvalue weighted by molar-refractivity contribution is -0.139. The van der Waals surface area contributed by atoms with Gasteiger partial charge in [-0.15, -0.1) is 0 Å². The van der Waals surface area contributed by atoms with Crippen LogP contribution in [0.2, 0.25) is 0 Å². The Kier molecular flexibility index (Phi) is 6.67. The van der Waals surface area contributed by atoms with Crippen LogP contribution in [0.3, 0.4) is 0 Å². The third-order valence-corrected chi connectivity index (χ3v) is 3.72. The predicted molar refractivity (Wildman–Crippen MR) is 81.8 cm³/mol. The number of aliphatic carboxylic acids is 1. The van der Waals surface area contributed by atoms with Crippen molar-refractivity contribution in [1.82, 2.24) is 5.32 Å². The van der Waals surface area contributed by atoms with Gasteiger partial charge in [0.15, 0.2) is 0 Å². The topological polar surface area (TPSA) is 78.4 Å². The molecule has 0 aliphatic rings. The van der Waals surface area contributed by atoms with E-state index in [0.717, 1.165) is 16.5 Å². The normalized spacial score (nSPS) is 11.9. The van der Waals surface area contributed by atoms with E-state index in [0.29, 0.717) is 12.1 Å². The van der Waals surface area contributed by atoms with Crippen molar-refractivity contribution in [2.75, 3.05) is 11.9 Å². The number of halogens is 1. The van der Waals surface area contributed by atoms with Crippen LogP contribution in [0, 0.1) is 6.92 Å². The zero-order valence-corrected chi connectivity index (χ0v) is 13.2. The molecule has 3 N–H and O–H groups in total. The van der Waals surface area contributed by atoms with Gasteiger partial charge in [0.1, 0.15) is 6.04 Å². The standard InChI is InChI=1S/C14H19BrN2O3/c1-3-4-12(14(19)20)16-8-13(18)17-10-5-6-11(15)9(2)7-10/h5-7,12,16H,3-4,8H2,1-2H3,(H,17,18)(H,19,20). The van der Waals surface area contributed by atoms with Crippen LogP contribution < -0.4 is 10.6 Å².